The number of hydrogen-bond donors (Lipinski definition) is 2. The number of nitrogens with zero attached hydrogens (tertiary/aromatic N) is 1. The van der Waals surface area contributed by atoms with Gasteiger partial charge in [0.25, 0.3) is 0 Å². The maximum atomic E-state index is 11.2. The summed E-state index contributed by atoms with van der Waals surface area (Å²) in [7, 11) is 1.96. The molecule has 1 aromatic rings. The highest BCUT2D eigenvalue weighted by atomic mass is 16.1. The van der Waals surface area contributed by atoms with Gasteiger partial charge in [-0.2, -0.15) is 0 Å². The Kier molecular flexibility index (Phi) is 4.43. The Morgan fingerprint density at radius 2 is 2.11 bits per heavy atom. The minimum Gasteiger partial charge on any atom is -0.371 e. The van der Waals surface area contributed by atoms with Gasteiger partial charge in [-0.1, -0.05) is 17.7 Å². The van der Waals surface area contributed by atoms with Crippen molar-refractivity contribution in [2.45, 2.75) is 26.3 Å². The van der Waals surface area contributed by atoms with Crippen LogP contribution in [0.4, 0.5) is 5.69 Å². The fourth-order valence-electron chi connectivity index (χ4n) is 2.76. The van der Waals surface area contributed by atoms with E-state index in [0.29, 0.717) is 0 Å². The predicted molar refractivity (Wildman–Crippen MR) is 78.1 cm³/mol. The largest absolute Gasteiger partial charge is 0.371 e. The van der Waals surface area contributed by atoms with Crippen molar-refractivity contribution >= 4 is 11.6 Å². The van der Waals surface area contributed by atoms with Crippen molar-refractivity contribution in [3.63, 3.8) is 0 Å². The lowest BCUT2D eigenvalue weighted by Gasteiger charge is -2.33. The summed E-state index contributed by atoms with van der Waals surface area (Å²) in [6.45, 7) is 4.80. The third-order valence-electron chi connectivity index (χ3n) is 3.84. The van der Waals surface area contributed by atoms with Gasteiger partial charge >= 0.3 is 0 Å². The van der Waals surface area contributed by atoms with Gasteiger partial charge in [-0.15, -0.1) is 0 Å². The van der Waals surface area contributed by atoms with Crippen LogP contribution in [0.15, 0.2) is 18.2 Å². The number of amides is 1. The molecule has 0 bridgehead atoms. The van der Waals surface area contributed by atoms with Gasteiger partial charge in [0, 0.05) is 31.2 Å². The highest BCUT2D eigenvalue weighted by molar-refractivity contribution is 5.77. The Hall–Kier alpha value is -1.55. The van der Waals surface area contributed by atoms with Gasteiger partial charge in [0.05, 0.1) is 0 Å². The van der Waals surface area contributed by atoms with Crippen molar-refractivity contribution in [1.82, 2.24) is 5.32 Å². The standard InChI is InChI=1S/C15H23N3O/c1-11-3-4-14(13(9-11)10-17-2)18-7-5-12(6-8-18)15(16)19/h3-4,9,12,17H,5-8,10H2,1-2H3,(H2,16,19). The Morgan fingerprint density at radius 1 is 1.42 bits per heavy atom. The molecule has 0 radical (unpaired) electrons. The molecule has 0 atom stereocenters. The topological polar surface area (TPSA) is 58.4 Å². The van der Waals surface area contributed by atoms with Gasteiger partial charge in [0.2, 0.25) is 5.91 Å². The summed E-state index contributed by atoms with van der Waals surface area (Å²) in [6, 6.07) is 6.56. The van der Waals surface area contributed by atoms with E-state index < -0.39 is 0 Å². The molecule has 1 fully saturated rings. The number of nitrogens with two attached hydrogens (primary N) is 1. The molecular formula is C15H23N3O. The fraction of sp³-hybridized carbons (Fsp3) is 0.533. The van der Waals surface area contributed by atoms with Crippen LogP contribution in [0.2, 0.25) is 0 Å². The second kappa shape index (κ2) is 6.06. The van der Waals surface area contributed by atoms with Crippen LogP contribution in [-0.4, -0.2) is 26.0 Å². The monoisotopic (exact) mass is 261 g/mol. The Labute approximate surface area is 115 Å². The van der Waals surface area contributed by atoms with E-state index in [0.717, 1.165) is 32.5 Å². The molecule has 4 nitrogen and oxygen atoms in total. The minimum atomic E-state index is -0.154. The Bertz CT molecular complexity index is 451. The number of benzene rings is 1. The van der Waals surface area contributed by atoms with Crippen LogP contribution in [0.1, 0.15) is 24.0 Å². The third-order valence-corrected chi connectivity index (χ3v) is 3.84. The van der Waals surface area contributed by atoms with E-state index in [9.17, 15) is 4.79 Å². The third kappa shape index (κ3) is 3.26. The van der Waals surface area contributed by atoms with Gasteiger partial charge < -0.3 is 16.0 Å². The van der Waals surface area contributed by atoms with Crippen LogP contribution in [0.25, 0.3) is 0 Å². The maximum Gasteiger partial charge on any atom is 0.220 e. The summed E-state index contributed by atoms with van der Waals surface area (Å²) in [5, 5.41) is 3.22. The average molecular weight is 261 g/mol. The van der Waals surface area contributed by atoms with E-state index in [1.54, 1.807) is 0 Å². The number of piperidine rings is 1. The summed E-state index contributed by atoms with van der Waals surface area (Å²) < 4.78 is 0. The minimum absolute atomic E-state index is 0.0504. The number of hydrogen-bond acceptors (Lipinski definition) is 3. The quantitative estimate of drug-likeness (QED) is 0.861. The number of carbonyl (C=O) groups excluding carboxylic acids is 1. The number of carbonyl (C=O) groups is 1. The summed E-state index contributed by atoms with van der Waals surface area (Å²) in [4.78, 5) is 13.6. The molecule has 1 saturated heterocycles. The molecule has 0 aliphatic carbocycles. The van der Waals surface area contributed by atoms with E-state index in [4.69, 9.17) is 5.73 Å². The van der Waals surface area contributed by atoms with E-state index in [1.165, 1.54) is 16.8 Å². The Morgan fingerprint density at radius 3 is 2.68 bits per heavy atom. The molecule has 2 rings (SSSR count). The molecule has 104 valence electrons. The second-order valence-corrected chi connectivity index (χ2v) is 5.33. The first-order chi connectivity index (χ1) is 9.11. The zero-order valence-corrected chi connectivity index (χ0v) is 11.8. The van der Waals surface area contributed by atoms with E-state index >= 15 is 0 Å². The molecule has 0 aromatic heterocycles. The van der Waals surface area contributed by atoms with Gasteiger partial charge in [-0.3, -0.25) is 4.79 Å². The van der Waals surface area contributed by atoms with Crippen molar-refractivity contribution in [2.24, 2.45) is 11.7 Å². The average Bonchev–Trinajstić information content (AvgIpc) is 2.39. The lowest BCUT2D eigenvalue weighted by Crippen LogP contribution is -2.39. The molecule has 1 aliphatic heterocycles. The van der Waals surface area contributed by atoms with Crippen molar-refractivity contribution in [3.05, 3.63) is 29.3 Å². The molecule has 1 heterocycles. The first kappa shape index (κ1) is 13.9. The molecule has 1 aliphatic rings. The molecule has 4 heteroatoms. The summed E-state index contributed by atoms with van der Waals surface area (Å²) >= 11 is 0. The summed E-state index contributed by atoms with van der Waals surface area (Å²) in [5.74, 6) is -0.103. The smallest absolute Gasteiger partial charge is 0.220 e. The van der Waals surface area contributed by atoms with Crippen LogP contribution in [0.3, 0.4) is 0 Å². The highest BCUT2D eigenvalue weighted by Gasteiger charge is 2.24. The van der Waals surface area contributed by atoms with Gasteiger partial charge in [-0.05, 0) is 38.4 Å². The van der Waals surface area contributed by atoms with Crippen molar-refractivity contribution in [2.75, 3.05) is 25.0 Å². The summed E-state index contributed by atoms with van der Waals surface area (Å²) in [6.07, 6.45) is 1.73. The number of nitrogens with one attached hydrogen (secondary N) is 1. The summed E-state index contributed by atoms with van der Waals surface area (Å²) in [5.41, 5.74) is 9.26. The molecule has 0 spiro atoms. The molecule has 1 amide bonds. The number of anilines is 1. The van der Waals surface area contributed by atoms with Crippen LogP contribution in [0, 0.1) is 12.8 Å². The number of aryl methyl sites for hydroxylation is 1. The molecular weight excluding hydrogens is 238 g/mol. The lowest BCUT2D eigenvalue weighted by molar-refractivity contribution is -0.122. The van der Waals surface area contributed by atoms with Crippen LogP contribution in [-0.2, 0) is 11.3 Å². The molecule has 19 heavy (non-hydrogen) atoms. The van der Waals surface area contributed by atoms with Crippen molar-refractivity contribution in [1.29, 1.82) is 0 Å². The second-order valence-electron chi connectivity index (χ2n) is 5.33. The van der Waals surface area contributed by atoms with Crippen LogP contribution >= 0.6 is 0 Å². The van der Waals surface area contributed by atoms with Gasteiger partial charge in [-0.25, -0.2) is 0 Å². The molecule has 0 saturated carbocycles. The molecule has 1 aromatic carbocycles. The maximum absolute atomic E-state index is 11.2. The van der Waals surface area contributed by atoms with E-state index in [2.05, 4.69) is 35.3 Å². The van der Waals surface area contributed by atoms with E-state index in [1.807, 2.05) is 7.05 Å². The first-order valence-corrected chi connectivity index (χ1v) is 6.90. The zero-order chi connectivity index (χ0) is 13.8. The van der Waals surface area contributed by atoms with Crippen LogP contribution < -0.4 is 16.0 Å². The molecule has 0 unspecified atom stereocenters. The Balaban J connectivity index is 2.12. The number of rotatable bonds is 4. The predicted octanol–water partition coefficient (Wildman–Crippen LogP) is 1.42. The number of primary amides is 1. The van der Waals surface area contributed by atoms with Gasteiger partial charge in [0.15, 0.2) is 0 Å². The highest BCUT2D eigenvalue weighted by Crippen LogP contribution is 2.27. The van der Waals surface area contributed by atoms with Crippen molar-refractivity contribution in [3.8, 4) is 0 Å². The molecule has 3 N–H and O–H groups in total. The zero-order valence-electron chi connectivity index (χ0n) is 11.8. The normalized spacial score (nSPS) is 16.6. The van der Waals surface area contributed by atoms with E-state index in [-0.39, 0.29) is 11.8 Å². The van der Waals surface area contributed by atoms with Gasteiger partial charge in [0.1, 0.15) is 0 Å². The van der Waals surface area contributed by atoms with Crippen molar-refractivity contribution < 1.29 is 4.79 Å². The fourth-order valence-corrected chi connectivity index (χ4v) is 2.76. The first-order valence-electron chi connectivity index (χ1n) is 6.90. The van der Waals surface area contributed by atoms with Crippen LogP contribution in [0.5, 0.6) is 0 Å². The SMILES string of the molecule is CNCc1cc(C)ccc1N1CCC(C(N)=O)CC1. The lowest BCUT2D eigenvalue weighted by atomic mass is 9.95.